The first-order chi connectivity index (χ1) is 9.66. The van der Waals surface area contributed by atoms with Crippen molar-refractivity contribution in [2.45, 2.75) is 0 Å². The Bertz CT molecular complexity index is 750. The second kappa shape index (κ2) is 4.77. The highest BCUT2D eigenvalue weighted by molar-refractivity contribution is 5.87. The summed E-state index contributed by atoms with van der Waals surface area (Å²) in [7, 11) is 1.76. The van der Waals surface area contributed by atoms with Crippen LogP contribution in [0.3, 0.4) is 0 Å². The first kappa shape index (κ1) is 12.3. The maximum absolute atomic E-state index is 13.4. The van der Waals surface area contributed by atoms with Crippen molar-refractivity contribution in [1.82, 2.24) is 14.8 Å². The van der Waals surface area contributed by atoms with Gasteiger partial charge in [-0.1, -0.05) is 12.1 Å². The summed E-state index contributed by atoms with van der Waals surface area (Å²) < 4.78 is 15.0. The van der Waals surface area contributed by atoms with Crippen molar-refractivity contribution >= 4 is 5.82 Å². The summed E-state index contributed by atoms with van der Waals surface area (Å²) in [5.74, 6) is 0.192. The highest BCUT2D eigenvalue weighted by Gasteiger charge is 2.17. The molecular formula is C15H13FN4. The van der Waals surface area contributed by atoms with Crippen LogP contribution in [0.15, 0.2) is 48.8 Å². The van der Waals surface area contributed by atoms with Gasteiger partial charge in [-0.2, -0.15) is 5.10 Å². The predicted octanol–water partition coefficient (Wildman–Crippen LogP) is 2.87. The molecule has 0 saturated heterocycles. The van der Waals surface area contributed by atoms with Crippen LogP contribution in [0.1, 0.15) is 0 Å². The average Bonchev–Trinajstić information content (AvgIpc) is 2.76. The minimum absolute atomic E-state index is 0.303. The zero-order chi connectivity index (χ0) is 14.1. The summed E-state index contributed by atoms with van der Waals surface area (Å²) in [5.41, 5.74) is 9.05. The van der Waals surface area contributed by atoms with Crippen LogP contribution in [-0.4, -0.2) is 14.8 Å². The molecule has 20 heavy (non-hydrogen) atoms. The number of halogens is 1. The van der Waals surface area contributed by atoms with Gasteiger partial charge in [0.25, 0.3) is 0 Å². The molecule has 0 amide bonds. The normalized spacial score (nSPS) is 10.7. The van der Waals surface area contributed by atoms with E-state index >= 15 is 0 Å². The SMILES string of the molecule is Cn1nc(-c2cccnc2)c(-c2cccc(F)c2)c1N. The van der Waals surface area contributed by atoms with Gasteiger partial charge in [0.1, 0.15) is 17.3 Å². The molecular weight excluding hydrogens is 255 g/mol. The molecule has 0 atom stereocenters. The average molecular weight is 268 g/mol. The molecule has 0 saturated carbocycles. The third kappa shape index (κ3) is 2.03. The quantitative estimate of drug-likeness (QED) is 0.777. The van der Waals surface area contributed by atoms with Crippen LogP contribution >= 0.6 is 0 Å². The summed E-state index contributed by atoms with van der Waals surface area (Å²) in [6, 6.07) is 10.1. The largest absolute Gasteiger partial charge is 0.383 e. The molecule has 0 bridgehead atoms. The van der Waals surface area contributed by atoms with E-state index in [1.54, 1.807) is 30.2 Å². The fourth-order valence-corrected chi connectivity index (χ4v) is 2.17. The molecule has 2 aromatic heterocycles. The van der Waals surface area contributed by atoms with Crippen molar-refractivity contribution in [2.75, 3.05) is 5.73 Å². The number of anilines is 1. The van der Waals surface area contributed by atoms with E-state index in [9.17, 15) is 4.39 Å². The summed E-state index contributed by atoms with van der Waals surface area (Å²) in [6.45, 7) is 0. The van der Waals surface area contributed by atoms with Crippen molar-refractivity contribution in [1.29, 1.82) is 0 Å². The van der Waals surface area contributed by atoms with E-state index < -0.39 is 0 Å². The molecule has 0 aliphatic rings. The number of nitrogen functional groups attached to an aromatic ring is 1. The monoisotopic (exact) mass is 268 g/mol. The van der Waals surface area contributed by atoms with E-state index in [0.29, 0.717) is 17.1 Å². The van der Waals surface area contributed by atoms with Crippen LogP contribution in [-0.2, 0) is 7.05 Å². The third-order valence-corrected chi connectivity index (χ3v) is 3.14. The smallest absolute Gasteiger partial charge is 0.129 e. The van der Waals surface area contributed by atoms with Crippen LogP contribution in [0, 0.1) is 5.82 Å². The third-order valence-electron chi connectivity index (χ3n) is 3.14. The van der Waals surface area contributed by atoms with E-state index in [1.807, 2.05) is 18.2 Å². The molecule has 0 spiro atoms. The maximum Gasteiger partial charge on any atom is 0.129 e. The zero-order valence-electron chi connectivity index (χ0n) is 10.9. The van der Waals surface area contributed by atoms with Gasteiger partial charge in [-0.05, 0) is 29.8 Å². The van der Waals surface area contributed by atoms with Gasteiger partial charge in [0.05, 0.1) is 5.56 Å². The van der Waals surface area contributed by atoms with Crippen LogP contribution in [0.5, 0.6) is 0 Å². The number of aryl methyl sites for hydroxylation is 1. The molecule has 0 aliphatic heterocycles. The fourth-order valence-electron chi connectivity index (χ4n) is 2.17. The maximum atomic E-state index is 13.4. The molecule has 0 unspecified atom stereocenters. The molecule has 2 N–H and O–H groups in total. The first-order valence-electron chi connectivity index (χ1n) is 6.15. The highest BCUT2D eigenvalue weighted by Crippen LogP contribution is 2.35. The number of rotatable bonds is 2. The number of benzene rings is 1. The van der Waals surface area contributed by atoms with Crippen LogP contribution < -0.4 is 5.73 Å². The molecule has 0 aliphatic carbocycles. The number of nitrogens with zero attached hydrogens (tertiary/aromatic N) is 3. The zero-order valence-corrected chi connectivity index (χ0v) is 10.9. The number of nitrogens with two attached hydrogens (primary N) is 1. The fraction of sp³-hybridized carbons (Fsp3) is 0.0667. The number of pyridine rings is 1. The topological polar surface area (TPSA) is 56.7 Å². The molecule has 1 aromatic carbocycles. The number of aromatic nitrogens is 3. The van der Waals surface area contributed by atoms with Crippen molar-refractivity contribution in [3.05, 3.63) is 54.6 Å². The lowest BCUT2D eigenvalue weighted by molar-refractivity contribution is 0.628. The molecule has 100 valence electrons. The van der Waals surface area contributed by atoms with Crippen molar-refractivity contribution in [3.63, 3.8) is 0 Å². The Morgan fingerprint density at radius 2 is 1.95 bits per heavy atom. The molecule has 5 heteroatoms. The number of hydrogen-bond acceptors (Lipinski definition) is 3. The van der Waals surface area contributed by atoms with Crippen molar-refractivity contribution < 1.29 is 4.39 Å². The minimum Gasteiger partial charge on any atom is -0.383 e. The highest BCUT2D eigenvalue weighted by atomic mass is 19.1. The van der Waals surface area contributed by atoms with E-state index in [0.717, 1.165) is 11.1 Å². The van der Waals surface area contributed by atoms with Crippen LogP contribution in [0.25, 0.3) is 22.4 Å². The second-order valence-electron chi connectivity index (χ2n) is 4.48. The van der Waals surface area contributed by atoms with Gasteiger partial charge in [0.15, 0.2) is 0 Å². The van der Waals surface area contributed by atoms with E-state index in [4.69, 9.17) is 5.73 Å². The molecule has 2 heterocycles. The lowest BCUT2D eigenvalue weighted by Crippen LogP contribution is -1.98. The van der Waals surface area contributed by atoms with Crippen molar-refractivity contribution in [2.24, 2.45) is 7.05 Å². The van der Waals surface area contributed by atoms with Gasteiger partial charge in [0, 0.05) is 25.0 Å². The minimum atomic E-state index is -0.303. The first-order valence-corrected chi connectivity index (χ1v) is 6.15. The van der Waals surface area contributed by atoms with Gasteiger partial charge in [0.2, 0.25) is 0 Å². The second-order valence-corrected chi connectivity index (χ2v) is 4.48. The van der Waals surface area contributed by atoms with Crippen LogP contribution in [0.4, 0.5) is 10.2 Å². The molecule has 4 nitrogen and oxygen atoms in total. The Morgan fingerprint density at radius 3 is 2.65 bits per heavy atom. The summed E-state index contributed by atoms with van der Waals surface area (Å²) in [4.78, 5) is 4.09. The molecule has 3 aromatic rings. The van der Waals surface area contributed by atoms with E-state index in [2.05, 4.69) is 10.1 Å². The number of hydrogen-bond donors (Lipinski definition) is 1. The summed E-state index contributed by atoms with van der Waals surface area (Å²) >= 11 is 0. The Balaban J connectivity index is 2.25. The van der Waals surface area contributed by atoms with Gasteiger partial charge >= 0.3 is 0 Å². The Kier molecular flexibility index (Phi) is 2.95. The van der Waals surface area contributed by atoms with Crippen molar-refractivity contribution in [3.8, 4) is 22.4 Å². The summed E-state index contributed by atoms with van der Waals surface area (Å²) in [5, 5.41) is 4.42. The summed E-state index contributed by atoms with van der Waals surface area (Å²) in [6.07, 6.45) is 3.40. The molecule has 3 rings (SSSR count). The van der Waals surface area contributed by atoms with E-state index in [1.165, 1.54) is 12.1 Å². The van der Waals surface area contributed by atoms with Crippen LogP contribution in [0.2, 0.25) is 0 Å². The Hall–Kier alpha value is -2.69. The van der Waals surface area contributed by atoms with Gasteiger partial charge in [-0.25, -0.2) is 4.39 Å². The van der Waals surface area contributed by atoms with Gasteiger partial charge in [-0.15, -0.1) is 0 Å². The Morgan fingerprint density at radius 1 is 1.15 bits per heavy atom. The lowest BCUT2D eigenvalue weighted by atomic mass is 10.0. The standard InChI is InChI=1S/C15H13FN4/c1-20-15(17)13(10-4-2-6-12(16)8-10)14(19-20)11-5-3-7-18-9-11/h2-9H,17H2,1H3. The van der Waals surface area contributed by atoms with Gasteiger partial charge in [-0.3, -0.25) is 9.67 Å². The van der Waals surface area contributed by atoms with Gasteiger partial charge < -0.3 is 5.73 Å². The van der Waals surface area contributed by atoms with E-state index in [-0.39, 0.29) is 5.82 Å². The lowest BCUT2D eigenvalue weighted by Gasteiger charge is -2.04. The molecule has 0 radical (unpaired) electrons. The Labute approximate surface area is 115 Å². The molecule has 0 fully saturated rings. The predicted molar refractivity (Wildman–Crippen MR) is 76.2 cm³/mol.